The van der Waals surface area contributed by atoms with Crippen LogP contribution in [0.15, 0.2) is 44.8 Å². The molecule has 8 heteroatoms. The Hall–Kier alpha value is -2.61. The van der Waals surface area contributed by atoms with E-state index in [-0.39, 0.29) is 11.5 Å². The number of nitrogens with one attached hydrogen (secondary N) is 1. The van der Waals surface area contributed by atoms with Gasteiger partial charge < -0.3 is 4.52 Å². The van der Waals surface area contributed by atoms with Gasteiger partial charge in [-0.2, -0.15) is 0 Å². The number of benzene rings is 1. The fourth-order valence-corrected chi connectivity index (χ4v) is 3.92. The number of aromatic nitrogens is 3. The number of hydrogen-bond acceptors (Lipinski definition) is 6. The molecule has 1 unspecified atom stereocenters. The molecule has 3 rings (SSSR count). The van der Waals surface area contributed by atoms with Crippen LogP contribution in [-0.4, -0.2) is 25.9 Å². The average molecular weight is 415 g/mol. The van der Waals surface area contributed by atoms with Gasteiger partial charge in [0.25, 0.3) is 5.56 Å². The average Bonchev–Trinajstić information content (AvgIpc) is 3.11. The topological polar surface area (TPSA) is 90.0 Å². The largest absolute Gasteiger partial charge is 0.338 e. The van der Waals surface area contributed by atoms with Gasteiger partial charge in [-0.3, -0.25) is 19.5 Å². The number of amides is 1. The molecule has 0 saturated carbocycles. The van der Waals surface area contributed by atoms with Crippen molar-refractivity contribution >= 4 is 34.5 Å². The summed E-state index contributed by atoms with van der Waals surface area (Å²) in [5.74, 6) is 0.0782. The molecule has 0 fully saturated rings. The number of rotatable bonds is 9. The summed E-state index contributed by atoms with van der Waals surface area (Å²) in [6.45, 7) is 6.32. The highest BCUT2D eigenvalue weighted by atomic mass is 32.2. The van der Waals surface area contributed by atoms with Crippen LogP contribution >= 0.6 is 11.8 Å². The molecule has 1 N–H and O–H groups in total. The molecule has 7 nitrogen and oxygen atoms in total. The molecule has 0 spiro atoms. The van der Waals surface area contributed by atoms with Crippen molar-refractivity contribution < 1.29 is 9.32 Å². The number of fused-ring (bicyclic) bond motifs is 1. The number of nitrogens with zero attached hydrogens (tertiary/aromatic N) is 3. The molecule has 0 saturated heterocycles. The third kappa shape index (κ3) is 5.26. The van der Waals surface area contributed by atoms with Gasteiger partial charge >= 0.3 is 0 Å². The summed E-state index contributed by atoms with van der Waals surface area (Å²) in [5, 5.41) is 7.17. The van der Waals surface area contributed by atoms with Crippen molar-refractivity contribution in [1.29, 1.82) is 0 Å². The van der Waals surface area contributed by atoms with E-state index in [1.165, 1.54) is 11.8 Å². The van der Waals surface area contributed by atoms with Gasteiger partial charge in [-0.15, -0.1) is 0 Å². The molecule has 3 aromatic rings. The second-order valence-electron chi connectivity index (χ2n) is 7.01. The Labute approximate surface area is 173 Å². The van der Waals surface area contributed by atoms with Crippen LogP contribution in [-0.2, 0) is 11.3 Å². The van der Waals surface area contributed by atoms with Crippen LogP contribution < -0.4 is 10.9 Å². The van der Waals surface area contributed by atoms with Crippen LogP contribution in [0.5, 0.6) is 0 Å². The van der Waals surface area contributed by atoms with E-state index in [0.717, 1.165) is 25.7 Å². The minimum atomic E-state index is -0.463. The van der Waals surface area contributed by atoms with Crippen molar-refractivity contribution in [2.75, 3.05) is 5.32 Å². The van der Waals surface area contributed by atoms with Crippen molar-refractivity contribution in [3.63, 3.8) is 0 Å². The van der Waals surface area contributed by atoms with E-state index in [1.807, 2.05) is 18.2 Å². The van der Waals surface area contributed by atoms with Crippen molar-refractivity contribution in [3.8, 4) is 0 Å². The van der Waals surface area contributed by atoms with Crippen LogP contribution in [0.2, 0.25) is 0 Å². The van der Waals surface area contributed by atoms with E-state index in [1.54, 1.807) is 30.5 Å². The van der Waals surface area contributed by atoms with Crippen LogP contribution in [0.3, 0.4) is 0 Å². The highest BCUT2D eigenvalue weighted by Gasteiger charge is 2.20. The summed E-state index contributed by atoms with van der Waals surface area (Å²) in [5.41, 5.74) is 1.27. The van der Waals surface area contributed by atoms with Gasteiger partial charge in [0.15, 0.2) is 5.16 Å². The number of hydrogen-bond donors (Lipinski definition) is 1. The number of thioether (sulfide) groups is 1. The predicted molar refractivity (Wildman–Crippen MR) is 115 cm³/mol. The Morgan fingerprint density at radius 2 is 2.07 bits per heavy atom. The van der Waals surface area contributed by atoms with Crippen LogP contribution in [0.25, 0.3) is 10.9 Å². The van der Waals surface area contributed by atoms with Gasteiger partial charge in [-0.1, -0.05) is 55.2 Å². The lowest BCUT2D eigenvalue weighted by atomic mass is 10.2. The van der Waals surface area contributed by atoms with Crippen molar-refractivity contribution in [2.45, 2.75) is 63.4 Å². The van der Waals surface area contributed by atoms with Gasteiger partial charge in [-0.05, 0) is 32.4 Å². The lowest BCUT2D eigenvalue weighted by Crippen LogP contribution is -2.27. The maximum absolute atomic E-state index is 13.0. The summed E-state index contributed by atoms with van der Waals surface area (Å²) in [6, 6.07) is 8.98. The van der Waals surface area contributed by atoms with Gasteiger partial charge in [0.2, 0.25) is 11.8 Å². The summed E-state index contributed by atoms with van der Waals surface area (Å²) in [4.78, 5) is 30.3. The zero-order valence-corrected chi connectivity index (χ0v) is 17.8. The van der Waals surface area contributed by atoms with Gasteiger partial charge in [0.1, 0.15) is 0 Å². The molecule has 1 atom stereocenters. The van der Waals surface area contributed by atoms with Gasteiger partial charge in [-0.25, -0.2) is 4.98 Å². The summed E-state index contributed by atoms with van der Waals surface area (Å²) in [7, 11) is 0. The highest BCUT2D eigenvalue weighted by Crippen LogP contribution is 2.24. The monoisotopic (exact) mass is 414 g/mol. The number of carbonyl (C=O) groups is 1. The predicted octanol–water partition coefficient (Wildman–Crippen LogP) is 4.39. The molecule has 2 aromatic heterocycles. The SMILES string of the molecule is CCCCCCn1c(SC(C)C(=O)Nc2cc(C)no2)nc2ccccc2c1=O. The zero-order valence-electron chi connectivity index (χ0n) is 17.0. The molecular weight excluding hydrogens is 388 g/mol. The summed E-state index contributed by atoms with van der Waals surface area (Å²) in [6.07, 6.45) is 4.22. The minimum absolute atomic E-state index is 0.0620. The van der Waals surface area contributed by atoms with E-state index in [2.05, 4.69) is 22.4 Å². The Morgan fingerprint density at radius 3 is 2.79 bits per heavy atom. The normalized spacial score (nSPS) is 12.2. The van der Waals surface area contributed by atoms with Crippen molar-refractivity contribution in [3.05, 3.63) is 46.4 Å². The Bertz CT molecular complexity index is 1040. The third-order valence-corrected chi connectivity index (χ3v) is 5.68. The van der Waals surface area contributed by atoms with Gasteiger partial charge in [0.05, 0.1) is 21.8 Å². The minimum Gasteiger partial charge on any atom is -0.338 e. The number of carbonyl (C=O) groups excluding carboxylic acids is 1. The molecular formula is C21H26N4O3S. The van der Waals surface area contributed by atoms with E-state index in [4.69, 9.17) is 4.52 Å². The number of anilines is 1. The molecule has 0 bridgehead atoms. The fourth-order valence-electron chi connectivity index (χ4n) is 2.99. The molecule has 2 heterocycles. The fraction of sp³-hybridized carbons (Fsp3) is 0.429. The maximum atomic E-state index is 13.0. The first kappa shape index (κ1) is 21.1. The van der Waals surface area contributed by atoms with E-state index in [9.17, 15) is 9.59 Å². The van der Waals surface area contributed by atoms with Gasteiger partial charge in [0, 0.05) is 12.6 Å². The molecule has 0 radical (unpaired) electrons. The Morgan fingerprint density at radius 1 is 1.28 bits per heavy atom. The van der Waals surface area contributed by atoms with Crippen molar-refractivity contribution in [2.24, 2.45) is 0 Å². The number of para-hydroxylation sites is 1. The first-order chi connectivity index (χ1) is 14.0. The smallest absolute Gasteiger partial charge is 0.262 e. The molecule has 0 aliphatic heterocycles. The first-order valence-corrected chi connectivity index (χ1v) is 10.8. The second-order valence-corrected chi connectivity index (χ2v) is 8.32. The van der Waals surface area contributed by atoms with E-state index < -0.39 is 5.25 Å². The molecule has 0 aliphatic carbocycles. The van der Waals surface area contributed by atoms with Crippen LogP contribution in [0, 0.1) is 6.92 Å². The first-order valence-electron chi connectivity index (χ1n) is 9.90. The Balaban J connectivity index is 1.83. The molecule has 154 valence electrons. The lowest BCUT2D eigenvalue weighted by molar-refractivity contribution is -0.115. The number of aryl methyl sites for hydroxylation is 1. The second kappa shape index (κ2) is 9.73. The van der Waals surface area contributed by atoms with E-state index >= 15 is 0 Å². The van der Waals surface area contributed by atoms with E-state index in [0.29, 0.717) is 34.2 Å². The van der Waals surface area contributed by atoms with Crippen LogP contribution in [0.4, 0.5) is 5.88 Å². The molecule has 29 heavy (non-hydrogen) atoms. The van der Waals surface area contributed by atoms with Crippen molar-refractivity contribution in [1.82, 2.24) is 14.7 Å². The zero-order chi connectivity index (χ0) is 20.8. The quantitative estimate of drug-likeness (QED) is 0.317. The lowest BCUT2D eigenvalue weighted by Gasteiger charge is -2.16. The Kier molecular flexibility index (Phi) is 7.09. The summed E-state index contributed by atoms with van der Waals surface area (Å²) < 4.78 is 6.75. The highest BCUT2D eigenvalue weighted by molar-refractivity contribution is 8.00. The summed E-state index contributed by atoms with van der Waals surface area (Å²) >= 11 is 1.27. The number of unbranched alkanes of at least 4 members (excludes halogenated alkanes) is 3. The molecule has 1 amide bonds. The standard InChI is InChI=1S/C21H26N4O3S/c1-4-5-6-9-12-25-20(27)16-10-7-8-11-17(16)22-21(25)29-15(3)19(26)23-18-13-14(2)24-28-18/h7-8,10-11,13,15H,4-6,9,12H2,1-3H3,(H,23,26). The molecule has 0 aliphatic rings. The maximum Gasteiger partial charge on any atom is 0.262 e. The van der Waals surface area contributed by atoms with Crippen LogP contribution in [0.1, 0.15) is 45.2 Å². The third-order valence-electron chi connectivity index (χ3n) is 4.59. The molecule has 1 aromatic carbocycles.